The molecule has 0 spiro atoms. The number of hydrogen-bond donors (Lipinski definition) is 1. The van der Waals surface area contributed by atoms with Gasteiger partial charge in [0.15, 0.2) is 0 Å². The highest BCUT2D eigenvalue weighted by molar-refractivity contribution is 6.05. The maximum Gasteiger partial charge on any atom is 0.335 e. The fraction of sp³-hybridized carbons (Fsp3) is 0.0833. The number of rotatable bonds is 1. The van der Waals surface area contributed by atoms with Crippen molar-refractivity contribution in [3.63, 3.8) is 0 Å². The second-order valence-corrected chi connectivity index (χ2v) is 3.86. The first-order valence-electron chi connectivity index (χ1n) is 5.10. The fourth-order valence-electron chi connectivity index (χ4n) is 1.94. The molecule has 2 heterocycles. The Morgan fingerprint density at radius 3 is 2.88 bits per heavy atom. The van der Waals surface area contributed by atoms with E-state index >= 15 is 0 Å². The third-order valence-electron chi connectivity index (χ3n) is 2.85. The number of benzene rings is 1. The lowest BCUT2D eigenvalue weighted by Gasteiger charge is -2.01. The Morgan fingerprint density at radius 1 is 1.29 bits per heavy atom. The van der Waals surface area contributed by atoms with Crippen molar-refractivity contribution in [3.8, 4) is 0 Å². The van der Waals surface area contributed by atoms with Crippen molar-refractivity contribution in [2.45, 2.75) is 0 Å². The molecule has 84 valence electrons. The van der Waals surface area contributed by atoms with E-state index in [0.29, 0.717) is 5.52 Å². The van der Waals surface area contributed by atoms with Gasteiger partial charge in [-0.05, 0) is 12.1 Å². The Bertz CT molecular complexity index is 746. The smallest absolute Gasteiger partial charge is 0.335 e. The topological polar surface area (TPSA) is 68.0 Å². The van der Waals surface area contributed by atoms with Gasteiger partial charge in [0.05, 0.1) is 29.0 Å². The number of nitrogens with zero attached hydrogens (tertiary/aromatic N) is 3. The van der Waals surface area contributed by atoms with E-state index in [4.69, 9.17) is 5.11 Å². The standard InChI is InChI=1S/C12H9N3O2/c1-15-11-6-13-10-4-7(12(16)17)2-3-8(10)9(11)5-14-15/h2-6H,1H3,(H,16,17). The molecular formula is C12H9N3O2. The zero-order chi connectivity index (χ0) is 12.0. The monoisotopic (exact) mass is 227 g/mol. The van der Waals surface area contributed by atoms with Crippen LogP contribution < -0.4 is 0 Å². The van der Waals surface area contributed by atoms with E-state index in [1.807, 2.05) is 7.05 Å². The molecule has 0 atom stereocenters. The van der Waals surface area contributed by atoms with Crippen molar-refractivity contribution in [2.24, 2.45) is 7.05 Å². The van der Waals surface area contributed by atoms with Crippen molar-refractivity contribution in [1.29, 1.82) is 0 Å². The Morgan fingerprint density at radius 2 is 2.12 bits per heavy atom. The SMILES string of the molecule is Cn1ncc2c3ccc(C(=O)O)cc3ncc21. The van der Waals surface area contributed by atoms with Gasteiger partial charge >= 0.3 is 5.97 Å². The summed E-state index contributed by atoms with van der Waals surface area (Å²) in [7, 11) is 1.85. The number of aromatic carboxylic acids is 1. The predicted molar refractivity (Wildman–Crippen MR) is 63.0 cm³/mol. The van der Waals surface area contributed by atoms with Crippen molar-refractivity contribution in [1.82, 2.24) is 14.8 Å². The van der Waals surface area contributed by atoms with Gasteiger partial charge in [0.2, 0.25) is 0 Å². The van der Waals surface area contributed by atoms with Crippen LogP contribution in [0.15, 0.2) is 30.6 Å². The maximum absolute atomic E-state index is 10.9. The van der Waals surface area contributed by atoms with Crippen LogP contribution in [-0.4, -0.2) is 25.8 Å². The number of carboxylic acid groups (broad SMARTS) is 1. The number of fused-ring (bicyclic) bond motifs is 3. The van der Waals surface area contributed by atoms with Crippen LogP contribution in [0.4, 0.5) is 0 Å². The van der Waals surface area contributed by atoms with Crippen molar-refractivity contribution >= 4 is 27.8 Å². The highest BCUT2D eigenvalue weighted by Crippen LogP contribution is 2.23. The van der Waals surface area contributed by atoms with E-state index in [9.17, 15) is 4.79 Å². The first-order valence-corrected chi connectivity index (χ1v) is 5.10. The van der Waals surface area contributed by atoms with Gasteiger partial charge in [-0.3, -0.25) is 9.67 Å². The summed E-state index contributed by atoms with van der Waals surface area (Å²) in [5, 5.41) is 15.0. The van der Waals surface area contributed by atoms with Crippen LogP contribution in [0.25, 0.3) is 21.8 Å². The zero-order valence-electron chi connectivity index (χ0n) is 9.08. The van der Waals surface area contributed by atoms with Gasteiger partial charge in [-0.1, -0.05) is 6.07 Å². The van der Waals surface area contributed by atoms with Crippen LogP contribution in [0.2, 0.25) is 0 Å². The number of hydrogen-bond acceptors (Lipinski definition) is 3. The number of aryl methyl sites for hydroxylation is 1. The lowest BCUT2D eigenvalue weighted by Crippen LogP contribution is -1.96. The van der Waals surface area contributed by atoms with Crippen molar-refractivity contribution in [2.75, 3.05) is 0 Å². The average molecular weight is 227 g/mol. The summed E-state index contributed by atoms with van der Waals surface area (Å²) in [6, 6.07) is 4.93. The summed E-state index contributed by atoms with van der Waals surface area (Å²) in [4.78, 5) is 15.1. The first kappa shape index (κ1) is 9.77. The molecule has 0 bridgehead atoms. The molecule has 0 amide bonds. The van der Waals surface area contributed by atoms with E-state index in [2.05, 4.69) is 10.1 Å². The number of pyridine rings is 1. The van der Waals surface area contributed by atoms with Crippen LogP contribution in [-0.2, 0) is 7.05 Å². The maximum atomic E-state index is 10.9. The Labute approximate surface area is 96.3 Å². The summed E-state index contributed by atoms with van der Waals surface area (Å²) in [5.74, 6) is -0.944. The highest BCUT2D eigenvalue weighted by atomic mass is 16.4. The molecule has 0 aliphatic rings. The van der Waals surface area contributed by atoms with Gasteiger partial charge in [-0.25, -0.2) is 4.79 Å². The van der Waals surface area contributed by atoms with Gasteiger partial charge in [-0.15, -0.1) is 0 Å². The molecule has 0 saturated heterocycles. The molecule has 0 aliphatic heterocycles. The molecule has 2 aromatic heterocycles. The zero-order valence-corrected chi connectivity index (χ0v) is 9.08. The van der Waals surface area contributed by atoms with Crippen LogP contribution in [0.5, 0.6) is 0 Å². The van der Waals surface area contributed by atoms with Gasteiger partial charge in [0, 0.05) is 17.8 Å². The Balaban J connectivity index is 2.41. The minimum atomic E-state index is -0.944. The molecular weight excluding hydrogens is 218 g/mol. The number of carboxylic acids is 1. The van der Waals surface area contributed by atoms with E-state index in [-0.39, 0.29) is 5.56 Å². The summed E-state index contributed by atoms with van der Waals surface area (Å²) in [6.07, 6.45) is 3.47. The number of aromatic nitrogens is 3. The summed E-state index contributed by atoms with van der Waals surface area (Å²) in [6.45, 7) is 0. The summed E-state index contributed by atoms with van der Waals surface area (Å²) >= 11 is 0. The highest BCUT2D eigenvalue weighted by Gasteiger charge is 2.08. The minimum absolute atomic E-state index is 0.244. The van der Waals surface area contributed by atoms with Crippen LogP contribution in [0, 0.1) is 0 Å². The lowest BCUT2D eigenvalue weighted by molar-refractivity contribution is 0.0697. The van der Waals surface area contributed by atoms with E-state index in [1.54, 1.807) is 35.3 Å². The summed E-state index contributed by atoms with van der Waals surface area (Å²) in [5.41, 5.74) is 1.85. The third kappa shape index (κ3) is 1.36. The minimum Gasteiger partial charge on any atom is -0.478 e. The molecule has 0 aliphatic carbocycles. The molecule has 3 aromatic rings. The van der Waals surface area contributed by atoms with Crippen LogP contribution >= 0.6 is 0 Å². The second kappa shape index (κ2) is 3.28. The normalized spacial score (nSPS) is 11.1. The Kier molecular flexibility index (Phi) is 1.89. The second-order valence-electron chi connectivity index (χ2n) is 3.86. The van der Waals surface area contributed by atoms with Gasteiger partial charge < -0.3 is 5.11 Å². The molecule has 0 unspecified atom stereocenters. The molecule has 0 saturated carbocycles. The van der Waals surface area contributed by atoms with Gasteiger partial charge in [0.25, 0.3) is 0 Å². The molecule has 17 heavy (non-hydrogen) atoms. The summed E-state index contributed by atoms with van der Waals surface area (Å²) < 4.78 is 1.74. The van der Waals surface area contributed by atoms with E-state index in [1.165, 1.54) is 0 Å². The molecule has 0 fully saturated rings. The fourth-order valence-corrected chi connectivity index (χ4v) is 1.94. The largest absolute Gasteiger partial charge is 0.478 e. The quantitative estimate of drug-likeness (QED) is 0.688. The molecule has 1 N–H and O–H groups in total. The third-order valence-corrected chi connectivity index (χ3v) is 2.85. The number of carbonyl (C=O) groups is 1. The van der Waals surface area contributed by atoms with Crippen molar-refractivity contribution < 1.29 is 9.90 Å². The van der Waals surface area contributed by atoms with Gasteiger partial charge in [-0.2, -0.15) is 5.10 Å². The predicted octanol–water partition coefficient (Wildman–Crippen LogP) is 1.82. The van der Waals surface area contributed by atoms with Crippen LogP contribution in [0.1, 0.15) is 10.4 Å². The van der Waals surface area contributed by atoms with E-state index < -0.39 is 5.97 Å². The average Bonchev–Trinajstić information content (AvgIpc) is 2.70. The molecule has 1 aromatic carbocycles. The molecule has 5 heteroatoms. The molecule has 5 nitrogen and oxygen atoms in total. The Hall–Kier alpha value is -2.43. The first-order chi connectivity index (χ1) is 8.16. The van der Waals surface area contributed by atoms with Crippen molar-refractivity contribution in [3.05, 3.63) is 36.2 Å². The lowest BCUT2D eigenvalue weighted by atomic mass is 10.1. The van der Waals surface area contributed by atoms with Gasteiger partial charge in [0.1, 0.15) is 0 Å². The van der Waals surface area contributed by atoms with Crippen LogP contribution in [0.3, 0.4) is 0 Å². The molecule has 0 radical (unpaired) electrons. The molecule has 3 rings (SSSR count). The van der Waals surface area contributed by atoms with E-state index in [0.717, 1.165) is 16.3 Å².